The van der Waals surface area contributed by atoms with Gasteiger partial charge in [0.15, 0.2) is 6.23 Å². The van der Waals surface area contributed by atoms with E-state index in [9.17, 15) is 9.18 Å². The van der Waals surface area contributed by atoms with E-state index in [0.717, 1.165) is 50.0 Å². The van der Waals surface area contributed by atoms with Crippen molar-refractivity contribution in [2.24, 2.45) is 0 Å². The Balaban J connectivity index is 1.26. The summed E-state index contributed by atoms with van der Waals surface area (Å²) in [4.78, 5) is 14.7. The molecular formula is C23H25FN2O2. The number of aryl methyl sites for hydroxylation is 1. The van der Waals surface area contributed by atoms with Crippen molar-refractivity contribution in [2.75, 3.05) is 19.6 Å². The number of rotatable bonds is 5. The van der Waals surface area contributed by atoms with Crippen LogP contribution in [0.5, 0.6) is 5.75 Å². The van der Waals surface area contributed by atoms with Crippen molar-refractivity contribution in [1.29, 1.82) is 0 Å². The Kier molecular flexibility index (Phi) is 5.44. The van der Waals surface area contributed by atoms with Gasteiger partial charge in [0.1, 0.15) is 11.6 Å². The molecule has 1 unspecified atom stereocenters. The van der Waals surface area contributed by atoms with Gasteiger partial charge in [0, 0.05) is 19.5 Å². The van der Waals surface area contributed by atoms with Gasteiger partial charge in [-0.25, -0.2) is 4.39 Å². The molecule has 0 spiro atoms. The standard InChI is InChI=1S/C23H25FN2O2/c1-16-4-9-21-20(15-16)23(27)25-22(28-21)3-2-12-26-13-10-18(11-14-26)17-5-7-19(24)8-6-17/h4-10,15,22H,2-3,11-14H2,1H3,(H,25,27). The lowest BCUT2D eigenvalue weighted by Gasteiger charge is -2.29. The third-order valence-corrected chi connectivity index (χ3v) is 5.39. The van der Waals surface area contributed by atoms with E-state index in [1.54, 1.807) is 0 Å². The third kappa shape index (κ3) is 4.25. The van der Waals surface area contributed by atoms with E-state index in [1.807, 2.05) is 37.3 Å². The minimum absolute atomic E-state index is 0.0557. The van der Waals surface area contributed by atoms with Crippen LogP contribution in [-0.2, 0) is 0 Å². The molecule has 2 aromatic rings. The van der Waals surface area contributed by atoms with E-state index in [0.29, 0.717) is 11.3 Å². The molecule has 0 bridgehead atoms. The Hall–Kier alpha value is -2.66. The highest BCUT2D eigenvalue weighted by Crippen LogP contribution is 2.26. The zero-order chi connectivity index (χ0) is 19.5. The van der Waals surface area contributed by atoms with Gasteiger partial charge >= 0.3 is 0 Å². The van der Waals surface area contributed by atoms with Gasteiger partial charge in [-0.15, -0.1) is 0 Å². The summed E-state index contributed by atoms with van der Waals surface area (Å²) in [6.07, 6.45) is 4.66. The number of hydrogen-bond donors (Lipinski definition) is 1. The maximum absolute atomic E-state index is 13.1. The van der Waals surface area contributed by atoms with Crippen molar-refractivity contribution < 1.29 is 13.9 Å². The molecule has 1 atom stereocenters. The van der Waals surface area contributed by atoms with Gasteiger partial charge in [0.2, 0.25) is 0 Å². The van der Waals surface area contributed by atoms with E-state index < -0.39 is 0 Å². The molecule has 2 heterocycles. The second-order valence-corrected chi connectivity index (χ2v) is 7.51. The van der Waals surface area contributed by atoms with Crippen LogP contribution in [0.25, 0.3) is 5.57 Å². The molecule has 0 saturated carbocycles. The Labute approximate surface area is 165 Å². The number of nitrogens with one attached hydrogen (secondary N) is 1. The quantitative estimate of drug-likeness (QED) is 0.847. The number of hydrogen-bond acceptors (Lipinski definition) is 3. The molecule has 0 aliphatic carbocycles. The summed E-state index contributed by atoms with van der Waals surface area (Å²) < 4.78 is 19.0. The van der Waals surface area contributed by atoms with Crippen LogP contribution in [0.2, 0.25) is 0 Å². The number of benzene rings is 2. The average molecular weight is 380 g/mol. The minimum atomic E-state index is -0.266. The minimum Gasteiger partial charge on any atom is -0.470 e. The van der Waals surface area contributed by atoms with Crippen molar-refractivity contribution in [1.82, 2.24) is 10.2 Å². The molecular weight excluding hydrogens is 355 g/mol. The van der Waals surface area contributed by atoms with E-state index in [-0.39, 0.29) is 18.0 Å². The molecule has 0 aromatic heterocycles. The number of fused-ring (bicyclic) bond motifs is 1. The molecule has 1 amide bonds. The first-order valence-corrected chi connectivity index (χ1v) is 9.84. The molecule has 0 radical (unpaired) electrons. The van der Waals surface area contributed by atoms with Crippen LogP contribution in [0.1, 0.15) is 40.7 Å². The number of halogens is 1. The molecule has 2 aliphatic heterocycles. The van der Waals surface area contributed by atoms with Crippen LogP contribution < -0.4 is 10.1 Å². The molecule has 2 aliphatic rings. The second kappa shape index (κ2) is 8.15. The Morgan fingerprint density at radius 2 is 2.04 bits per heavy atom. The molecule has 2 aromatic carbocycles. The van der Waals surface area contributed by atoms with Gasteiger partial charge in [0.05, 0.1) is 5.56 Å². The van der Waals surface area contributed by atoms with E-state index >= 15 is 0 Å². The molecule has 4 nitrogen and oxygen atoms in total. The van der Waals surface area contributed by atoms with E-state index in [1.165, 1.54) is 17.7 Å². The van der Waals surface area contributed by atoms with Crippen LogP contribution in [-0.4, -0.2) is 36.7 Å². The van der Waals surface area contributed by atoms with E-state index in [4.69, 9.17) is 4.74 Å². The Morgan fingerprint density at radius 1 is 1.21 bits per heavy atom. The van der Waals surface area contributed by atoms with Gasteiger partial charge in [-0.3, -0.25) is 9.69 Å². The average Bonchev–Trinajstić information content (AvgIpc) is 2.70. The first-order chi connectivity index (χ1) is 13.6. The molecule has 0 saturated heterocycles. The van der Waals surface area contributed by atoms with Crippen molar-refractivity contribution in [3.63, 3.8) is 0 Å². The summed E-state index contributed by atoms with van der Waals surface area (Å²) in [5.41, 5.74) is 4.05. The maximum Gasteiger partial charge on any atom is 0.257 e. The molecule has 1 N–H and O–H groups in total. The van der Waals surface area contributed by atoms with Crippen LogP contribution in [0.3, 0.4) is 0 Å². The zero-order valence-corrected chi connectivity index (χ0v) is 16.1. The predicted molar refractivity (Wildman–Crippen MR) is 108 cm³/mol. The van der Waals surface area contributed by atoms with Crippen molar-refractivity contribution in [2.45, 2.75) is 32.4 Å². The number of amides is 1. The largest absolute Gasteiger partial charge is 0.470 e. The fourth-order valence-electron chi connectivity index (χ4n) is 3.80. The van der Waals surface area contributed by atoms with Gasteiger partial charge in [-0.2, -0.15) is 0 Å². The second-order valence-electron chi connectivity index (χ2n) is 7.51. The highest BCUT2D eigenvalue weighted by Gasteiger charge is 2.25. The van der Waals surface area contributed by atoms with E-state index in [2.05, 4.69) is 16.3 Å². The number of nitrogens with zero attached hydrogens (tertiary/aromatic N) is 1. The van der Waals surface area contributed by atoms with Crippen LogP contribution >= 0.6 is 0 Å². The molecule has 146 valence electrons. The Bertz CT molecular complexity index is 892. The highest BCUT2D eigenvalue weighted by atomic mass is 19.1. The lowest BCUT2D eigenvalue weighted by Crippen LogP contribution is -2.43. The van der Waals surface area contributed by atoms with Gasteiger partial charge in [-0.05, 0) is 61.7 Å². The van der Waals surface area contributed by atoms with Crippen LogP contribution in [0, 0.1) is 12.7 Å². The van der Waals surface area contributed by atoms with Crippen molar-refractivity contribution in [3.8, 4) is 5.75 Å². The summed E-state index contributed by atoms with van der Waals surface area (Å²) in [7, 11) is 0. The summed E-state index contributed by atoms with van der Waals surface area (Å²) in [6.45, 7) is 4.81. The molecule has 28 heavy (non-hydrogen) atoms. The number of carbonyl (C=O) groups excluding carboxylic acids is 1. The van der Waals surface area contributed by atoms with Gasteiger partial charge < -0.3 is 10.1 Å². The summed E-state index contributed by atoms with van der Waals surface area (Å²) >= 11 is 0. The summed E-state index contributed by atoms with van der Waals surface area (Å²) in [5, 5.41) is 2.95. The first kappa shape index (κ1) is 18.7. The smallest absolute Gasteiger partial charge is 0.257 e. The van der Waals surface area contributed by atoms with Gasteiger partial charge in [-0.1, -0.05) is 29.8 Å². The fraction of sp³-hybridized carbons (Fsp3) is 0.348. The SMILES string of the molecule is Cc1ccc2c(c1)C(=O)NC(CCCN1CC=C(c3ccc(F)cc3)CC1)O2. The zero-order valence-electron chi connectivity index (χ0n) is 16.1. The van der Waals surface area contributed by atoms with Gasteiger partial charge in [0.25, 0.3) is 5.91 Å². The maximum atomic E-state index is 13.1. The number of ether oxygens (including phenoxy) is 1. The topological polar surface area (TPSA) is 41.6 Å². The molecule has 0 fully saturated rings. The fourth-order valence-corrected chi connectivity index (χ4v) is 3.80. The van der Waals surface area contributed by atoms with Crippen LogP contribution in [0.4, 0.5) is 4.39 Å². The van der Waals surface area contributed by atoms with Crippen LogP contribution in [0.15, 0.2) is 48.5 Å². The first-order valence-electron chi connectivity index (χ1n) is 9.84. The third-order valence-electron chi connectivity index (χ3n) is 5.39. The van der Waals surface area contributed by atoms with Crippen molar-refractivity contribution >= 4 is 11.5 Å². The normalized spacial score (nSPS) is 19.4. The highest BCUT2D eigenvalue weighted by molar-refractivity contribution is 5.98. The number of carbonyl (C=O) groups is 1. The lowest BCUT2D eigenvalue weighted by molar-refractivity contribution is 0.0728. The monoisotopic (exact) mass is 380 g/mol. The van der Waals surface area contributed by atoms with Crippen molar-refractivity contribution in [3.05, 3.63) is 71.0 Å². The Morgan fingerprint density at radius 3 is 2.79 bits per heavy atom. The summed E-state index contributed by atoms with van der Waals surface area (Å²) in [6, 6.07) is 12.4. The molecule has 4 rings (SSSR count). The lowest BCUT2D eigenvalue weighted by atomic mass is 9.99. The predicted octanol–water partition coefficient (Wildman–Crippen LogP) is 4.15. The molecule has 5 heteroatoms. The summed E-state index contributed by atoms with van der Waals surface area (Å²) in [5.74, 6) is 0.417.